The van der Waals surface area contributed by atoms with E-state index in [9.17, 15) is 8.78 Å². The zero-order chi connectivity index (χ0) is 12.4. The lowest BCUT2D eigenvalue weighted by atomic mass is 10.3. The van der Waals surface area contributed by atoms with Crippen LogP contribution in [0.5, 0.6) is 0 Å². The number of nitrogens with zero attached hydrogens (tertiary/aromatic N) is 1. The summed E-state index contributed by atoms with van der Waals surface area (Å²) < 4.78 is 27.2. The molecular weight excluding hydrogens is 292 g/mol. The molecule has 17 heavy (non-hydrogen) atoms. The summed E-state index contributed by atoms with van der Waals surface area (Å²) in [5.74, 6) is -2.11. The van der Waals surface area contributed by atoms with Gasteiger partial charge >= 0.3 is 0 Å². The molecule has 0 aliphatic carbocycles. The molecule has 0 saturated carbocycles. The van der Waals surface area contributed by atoms with Crippen LogP contribution in [0.1, 0.15) is 0 Å². The normalized spacial score (nSPS) is 10.3. The molecule has 2 rings (SSSR count). The minimum atomic E-state index is -0.871. The lowest BCUT2D eigenvalue weighted by molar-refractivity contribution is 0.581. The molecule has 0 atom stereocenters. The van der Waals surface area contributed by atoms with Crippen LogP contribution in [0, 0.1) is 11.6 Å². The van der Waals surface area contributed by atoms with Crippen molar-refractivity contribution in [1.29, 1.82) is 0 Å². The van der Waals surface area contributed by atoms with E-state index in [1.54, 1.807) is 24.3 Å². The molecular formula is C11H8BrF2N3. The Morgan fingerprint density at radius 2 is 1.76 bits per heavy atom. The minimum absolute atomic E-state index is 0.105. The molecule has 6 heteroatoms. The Hall–Kier alpha value is -1.69. The lowest BCUT2D eigenvalue weighted by Crippen LogP contribution is -2.02. The third kappa shape index (κ3) is 2.71. The summed E-state index contributed by atoms with van der Waals surface area (Å²) in [6, 6.07) is 7.72. The first-order chi connectivity index (χ1) is 8.06. The Labute approximate surface area is 105 Å². The monoisotopic (exact) mass is 299 g/mol. The van der Waals surface area contributed by atoms with Crippen molar-refractivity contribution >= 4 is 33.3 Å². The van der Waals surface area contributed by atoms with E-state index in [4.69, 9.17) is 5.73 Å². The van der Waals surface area contributed by atoms with Crippen LogP contribution in [-0.2, 0) is 0 Å². The van der Waals surface area contributed by atoms with E-state index in [0.717, 1.165) is 4.47 Å². The third-order valence-corrected chi connectivity index (χ3v) is 2.59. The molecule has 1 aromatic carbocycles. The maximum Gasteiger partial charge on any atom is 0.169 e. The highest BCUT2D eigenvalue weighted by atomic mass is 79.9. The van der Waals surface area contributed by atoms with E-state index < -0.39 is 11.6 Å². The third-order valence-electron chi connectivity index (χ3n) is 2.06. The summed E-state index contributed by atoms with van der Waals surface area (Å²) in [6.07, 6.45) is 0. The number of pyridine rings is 1. The van der Waals surface area contributed by atoms with Crippen LogP contribution in [0.15, 0.2) is 34.8 Å². The number of anilines is 3. The summed E-state index contributed by atoms with van der Waals surface area (Å²) in [6.45, 7) is 0. The van der Waals surface area contributed by atoms with E-state index >= 15 is 0 Å². The largest absolute Gasteiger partial charge is 0.381 e. The van der Waals surface area contributed by atoms with Crippen LogP contribution in [-0.4, -0.2) is 4.98 Å². The predicted octanol–water partition coefficient (Wildman–Crippen LogP) is 3.45. The molecule has 1 heterocycles. The molecule has 0 aliphatic heterocycles. The van der Waals surface area contributed by atoms with Gasteiger partial charge in [0.2, 0.25) is 0 Å². The summed E-state index contributed by atoms with van der Waals surface area (Å²) in [5, 5.41) is 2.71. The number of nitrogen functional groups attached to an aromatic ring is 1. The van der Waals surface area contributed by atoms with Crippen LogP contribution >= 0.6 is 15.9 Å². The maximum atomic E-state index is 13.4. The molecule has 0 bridgehead atoms. The van der Waals surface area contributed by atoms with Crippen molar-refractivity contribution < 1.29 is 8.78 Å². The van der Waals surface area contributed by atoms with Gasteiger partial charge in [-0.1, -0.05) is 15.9 Å². The second kappa shape index (κ2) is 4.67. The van der Waals surface area contributed by atoms with Crippen molar-refractivity contribution in [2.75, 3.05) is 11.1 Å². The fraction of sp³-hybridized carbons (Fsp3) is 0. The number of hydrogen-bond donors (Lipinski definition) is 2. The van der Waals surface area contributed by atoms with Crippen LogP contribution in [0.25, 0.3) is 0 Å². The van der Waals surface area contributed by atoms with Gasteiger partial charge in [-0.15, -0.1) is 0 Å². The topological polar surface area (TPSA) is 50.9 Å². The van der Waals surface area contributed by atoms with Crippen molar-refractivity contribution in [2.24, 2.45) is 0 Å². The highest BCUT2D eigenvalue weighted by Crippen LogP contribution is 2.22. The summed E-state index contributed by atoms with van der Waals surface area (Å²) in [5.41, 5.74) is 5.90. The van der Waals surface area contributed by atoms with Gasteiger partial charge in [-0.3, -0.25) is 0 Å². The minimum Gasteiger partial charge on any atom is -0.381 e. The molecule has 0 radical (unpaired) electrons. The van der Waals surface area contributed by atoms with Gasteiger partial charge < -0.3 is 11.1 Å². The molecule has 3 N–H and O–H groups in total. The number of nitrogens with two attached hydrogens (primary N) is 1. The summed E-state index contributed by atoms with van der Waals surface area (Å²) >= 11 is 3.28. The quantitative estimate of drug-likeness (QED) is 0.893. The predicted molar refractivity (Wildman–Crippen MR) is 66.0 cm³/mol. The molecule has 2 aromatic rings. The second-order valence-corrected chi connectivity index (χ2v) is 4.23. The number of hydrogen-bond acceptors (Lipinski definition) is 3. The van der Waals surface area contributed by atoms with Crippen molar-refractivity contribution in [3.05, 3.63) is 46.4 Å². The van der Waals surface area contributed by atoms with Crippen molar-refractivity contribution in [3.63, 3.8) is 0 Å². The van der Waals surface area contributed by atoms with Crippen molar-refractivity contribution in [1.82, 2.24) is 4.98 Å². The Kier molecular flexibility index (Phi) is 3.23. The van der Waals surface area contributed by atoms with Gasteiger partial charge in [-0.25, -0.2) is 13.8 Å². The average Bonchev–Trinajstić information content (AvgIpc) is 2.29. The number of halogens is 3. The van der Waals surface area contributed by atoms with Crippen LogP contribution in [0.2, 0.25) is 0 Å². The molecule has 0 unspecified atom stereocenters. The van der Waals surface area contributed by atoms with Gasteiger partial charge in [0.1, 0.15) is 0 Å². The maximum absolute atomic E-state index is 13.4. The second-order valence-electron chi connectivity index (χ2n) is 3.32. The van der Waals surface area contributed by atoms with Crippen LogP contribution < -0.4 is 11.1 Å². The van der Waals surface area contributed by atoms with Gasteiger partial charge in [0, 0.05) is 16.2 Å². The Balaban J connectivity index is 2.30. The Morgan fingerprint density at radius 1 is 1.12 bits per heavy atom. The van der Waals surface area contributed by atoms with Crippen molar-refractivity contribution in [2.45, 2.75) is 0 Å². The van der Waals surface area contributed by atoms with E-state index in [0.29, 0.717) is 11.8 Å². The fourth-order valence-corrected chi connectivity index (χ4v) is 1.50. The molecule has 0 amide bonds. The van der Waals surface area contributed by atoms with E-state index in [-0.39, 0.29) is 11.6 Å². The number of nitrogens with one attached hydrogen (secondary N) is 1. The van der Waals surface area contributed by atoms with Gasteiger partial charge in [0.05, 0.1) is 0 Å². The van der Waals surface area contributed by atoms with Crippen LogP contribution in [0.3, 0.4) is 0 Å². The number of aromatic nitrogens is 1. The number of rotatable bonds is 2. The molecule has 0 aliphatic rings. The lowest BCUT2D eigenvalue weighted by Gasteiger charge is -2.07. The standard InChI is InChI=1S/C11H8BrF2N3/c12-6-1-3-7(4-2-6)16-11-9(14)5-8(13)10(15)17-11/h1-5H,(H3,15,16,17). The molecule has 0 fully saturated rings. The SMILES string of the molecule is Nc1nc(Nc2ccc(Br)cc2)c(F)cc1F. The smallest absolute Gasteiger partial charge is 0.169 e. The van der Waals surface area contributed by atoms with Gasteiger partial charge in [-0.2, -0.15) is 0 Å². The molecule has 88 valence electrons. The Bertz CT molecular complexity index is 543. The van der Waals surface area contributed by atoms with E-state index in [2.05, 4.69) is 26.2 Å². The summed E-state index contributed by atoms with van der Waals surface area (Å²) in [7, 11) is 0. The first-order valence-electron chi connectivity index (χ1n) is 4.70. The zero-order valence-electron chi connectivity index (χ0n) is 8.55. The van der Waals surface area contributed by atoms with Gasteiger partial charge in [0.25, 0.3) is 0 Å². The highest BCUT2D eigenvalue weighted by Gasteiger charge is 2.09. The van der Waals surface area contributed by atoms with E-state index in [1.807, 2.05) is 0 Å². The van der Waals surface area contributed by atoms with E-state index in [1.165, 1.54) is 0 Å². The molecule has 0 saturated heterocycles. The number of benzene rings is 1. The van der Waals surface area contributed by atoms with Gasteiger partial charge in [0.15, 0.2) is 23.3 Å². The Morgan fingerprint density at radius 3 is 2.41 bits per heavy atom. The first kappa shape index (κ1) is 11.8. The van der Waals surface area contributed by atoms with Gasteiger partial charge in [-0.05, 0) is 24.3 Å². The highest BCUT2D eigenvalue weighted by molar-refractivity contribution is 9.10. The molecule has 0 spiro atoms. The molecule has 3 nitrogen and oxygen atoms in total. The fourth-order valence-electron chi connectivity index (χ4n) is 1.24. The molecule has 1 aromatic heterocycles. The average molecular weight is 300 g/mol. The zero-order valence-corrected chi connectivity index (χ0v) is 10.1. The summed E-state index contributed by atoms with van der Waals surface area (Å²) in [4.78, 5) is 3.59. The van der Waals surface area contributed by atoms with Crippen LogP contribution in [0.4, 0.5) is 26.1 Å². The van der Waals surface area contributed by atoms with Crippen molar-refractivity contribution in [3.8, 4) is 0 Å². The first-order valence-corrected chi connectivity index (χ1v) is 5.49.